The molecule has 1 aromatic heterocycles. The van der Waals surface area contributed by atoms with Crippen molar-refractivity contribution < 1.29 is 9.53 Å². The molecular weight excluding hydrogens is 226 g/mol. The maximum atomic E-state index is 11.3. The summed E-state index contributed by atoms with van der Waals surface area (Å²) in [6.07, 6.45) is 2.08. The number of carbonyl (C=O) groups excluding carboxylic acids is 1. The van der Waals surface area contributed by atoms with Gasteiger partial charge in [-0.05, 0) is 33.0 Å². The third-order valence-electron chi connectivity index (χ3n) is 1.71. The van der Waals surface area contributed by atoms with E-state index in [1.54, 1.807) is 6.20 Å². The second-order valence-electron chi connectivity index (χ2n) is 4.45. The van der Waals surface area contributed by atoms with E-state index in [0.29, 0.717) is 17.7 Å². The van der Waals surface area contributed by atoms with Crippen molar-refractivity contribution >= 4 is 18.3 Å². The summed E-state index contributed by atoms with van der Waals surface area (Å²) in [5.41, 5.74) is 0.499. The average Bonchev–Trinajstić information content (AvgIpc) is 2.48. The number of aromatic amines is 2. The summed E-state index contributed by atoms with van der Waals surface area (Å²) in [5.74, 6) is 0. The SMILES string of the molecule is CC(C)(C)OC(=O)NCCc1c[nH]c(=S)[nH]1. The molecule has 5 nitrogen and oxygen atoms in total. The van der Waals surface area contributed by atoms with Crippen LogP contribution in [0.2, 0.25) is 0 Å². The first kappa shape index (κ1) is 12.8. The highest BCUT2D eigenvalue weighted by molar-refractivity contribution is 7.71. The molecule has 1 heterocycles. The highest BCUT2D eigenvalue weighted by Crippen LogP contribution is 2.06. The topological polar surface area (TPSA) is 69.9 Å². The maximum absolute atomic E-state index is 11.3. The van der Waals surface area contributed by atoms with Gasteiger partial charge in [0.15, 0.2) is 4.77 Å². The second-order valence-corrected chi connectivity index (χ2v) is 4.85. The first-order valence-electron chi connectivity index (χ1n) is 5.10. The van der Waals surface area contributed by atoms with Crippen molar-refractivity contribution in [2.75, 3.05) is 6.54 Å². The van der Waals surface area contributed by atoms with Crippen LogP contribution in [0.4, 0.5) is 4.79 Å². The number of imidazole rings is 1. The van der Waals surface area contributed by atoms with Gasteiger partial charge in [-0.1, -0.05) is 0 Å². The van der Waals surface area contributed by atoms with Gasteiger partial charge in [0.25, 0.3) is 0 Å². The Morgan fingerprint density at radius 1 is 1.56 bits per heavy atom. The molecule has 0 unspecified atom stereocenters. The molecule has 90 valence electrons. The van der Waals surface area contributed by atoms with E-state index in [2.05, 4.69) is 15.3 Å². The summed E-state index contributed by atoms with van der Waals surface area (Å²) < 4.78 is 5.68. The zero-order chi connectivity index (χ0) is 12.2. The lowest BCUT2D eigenvalue weighted by Crippen LogP contribution is -2.33. The lowest BCUT2D eigenvalue weighted by Gasteiger charge is -2.19. The molecule has 0 aliphatic rings. The maximum Gasteiger partial charge on any atom is 0.407 e. The second kappa shape index (κ2) is 5.16. The van der Waals surface area contributed by atoms with E-state index in [0.717, 1.165) is 5.69 Å². The largest absolute Gasteiger partial charge is 0.444 e. The van der Waals surface area contributed by atoms with E-state index >= 15 is 0 Å². The number of rotatable bonds is 3. The van der Waals surface area contributed by atoms with Gasteiger partial charge in [-0.3, -0.25) is 0 Å². The Bertz CT molecular complexity index is 403. The predicted octanol–water partition coefficient (Wildman–Crippen LogP) is 2.14. The zero-order valence-corrected chi connectivity index (χ0v) is 10.5. The lowest BCUT2D eigenvalue weighted by molar-refractivity contribution is 0.0528. The molecule has 1 rings (SSSR count). The van der Waals surface area contributed by atoms with Crippen LogP contribution in [0.15, 0.2) is 6.20 Å². The zero-order valence-electron chi connectivity index (χ0n) is 9.72. The fourth-order valence-corrected chi connectivity index (χ4v) is 1.31. The van der Waals surface area contributed by atoms with Crippen LogP contribution in [-0.2, 0) is 11.2 Å². The summed E-state index contributed by atoms with van der Waals surface area (Å²) >= 11 is 4.88. The van der Waals surface area contributed by atoms with E-state index < -0.39 is 11.7 Å². The van der Waals surface area contributed by atoms with E-state index in [4.69, 9.17) is 17.0 Å². The Morgan fingerprint density at radius 3 is 2.75 bits per heavy atom. The fourth-order valence-electron chi connectivity index (χ4n) is 1.12. The molecule has 0 aliphatic carbocycles. The standard InChI is InChI=1S/C10H17N3O2S/c1-10(2,3)15-9(14)11-5-4-7-6-12-8(16)13-7/h6H,4-5H2,1-3H3,(H,11,14)(H2,12,13,16). The minimum Gasteiger partial charge on any atom is -0.444 e. The van der Waals surface area contributed by atoms with Gasteiger partial charge < -0.3 is 20.0 Å². The monoisotopic (exact) mass is 243 g/mol. The number of hydrogen-bond donors (Lipinski definition) is 3. The van der Waals surface area contributed by atoms with Crippen LogP contribution in [0.3, 0.4) is 0 Å². The molecule has 0 bridgehead atoms. The molecule has 0 saturated carbocycles. The van der Waals surface area contributed by atoms with Crippen LogP contribution in [-0.4, -0.2) is 28.2 Å². The van der Waals surface area contributed by atoms with Gasteiger partial charge >= 0.3 is 6.09 Å². The first-order chi connectivity index (χ1) is 7.37. The van der Waals surface area contributed by atoms with Gasteiger partial charge in [-0.2, -0.15) is 0 Å². The normalized spacial score (nSPS) is 11.2. The number of H-pyrrole nitrogens is 2. The quantitative estimate of drug-likeness (QED) is 0.712. The molecule has 1 amide bonds. The molecule has 0 fully saturated rings. The van der Waals surface area contributed by atoms with Crippen molar-refractivity contribution in [3.05, 3.63) is 16.7 Å². The van der Waals surface area contributed by atoms with Gasteiger partial charge in [0.1, 0.15) is 5.60 Å². The van der Waals surface area contributed by atoms with Gasteiger partial charge in [-0.25, -0.2) is 4.79 Å². The summed E-state index contributed by atoms with van der Waals surface area (Å²) in [6.45, 7) is 6.00. The molecule has 0 aliphatic heterocycles. The Hall–Kier alpha value is -1.30. The lowest BCUT2D eigenvalue weighted by atomic mass is 10.2. The third kappa shape index (κ3) is 4.97. The van der Waals surface area contributed by atoms with E-state index in [1.807, 2.05) is 20.8 Å². The summed E-state index contributed by atoms with van der Waals surface area (Å²) in [4.78, 5) is 17.1. The van der Waals surface area contributed by atoms with Crippen molar-refractivity contribution in [2.24, 2.45) is 0 Å². The molecule has 16 heavy (non-hydrogen) atoms. The van der Waals surface area contributed by atoms with Crippen molar-refractivity contribution in [1.82, 2.24) is 15.3 Å². The van der Waals surface area contributed by atoms with Gasteiger partial charge in [0.05, 0.1) is 0 Å². The van der Waals surface area contributed by atoms with E-state index in [9.17, 15) is 4.79 Å². The molecule has 3 N–H and O–H groups in total. The Balaban J connectivity index is 2.26. The van der Waals surface area contributed by atoms with Gasteiger partial charge in [0.2, 0.25) is 0 Å². The van der Waals surface area contributed by atoms with Crippen LogP contribution >= 0.6 is 12.2 Å². The molecule has 0 atom stereocenters. The number of hydrogen-bond acceptors (Lipinski definition) is 3. The summed E-state index contributed by atoms with van der Waals surface area (Å²) in [5, 5.41) is 2.67. The fraction of sp³-hybridized carbons (Fsp3) is 0.600. The number of nitrogens with one attached hydrogen (secondary N) is 3. The van der Waals surface area contributed by atoms with E-state index in [-0.39, 0.29) is 0 Å². The molecule has 0 radical (unpaired) electrons. The Morgan fingerprint density at radius 2 is 2.25 bits per heavy atom. The van der Waals surface area contributed by atoms with Crippen LogP contribution in [0.25, 0.3) is 0 Å². The molecule has 0 spiro atoms. The summed E-state index contributed by atoms with van der Waals surface area (Å²) in [7, 11) is 0. The Kier molecular flexibility index (Phi) is 4.12. The van der Waals surface area contributed by atoms with Crippen LogP contribution in [0.5, 0.6) is 0 Å². The summed E-state index contributed by atoms with van der Waals surface area (Å²) in [6, 6.07) is 0. The molecule has 1 aromatic rings. The first-order valence-corrected chi connectivity index (χ1v) is 5.51. The number of alkyl carbamates (subject to hydrolysis) is 1. The van der Waals surface area contributed by atoms with Crippen LogP contribution < -0.4 is 5.32 Å². The van der Waals surface area contributed by atoms with Crippen molar-refractivity contribution in [2.45, 2.75) is 32.8 Å². The minimum atomic E-state index is -0.460. The van der Waals surface area contributed by atoms with Crippen LogP contribution in [0, 0.1) is 4.77 Å². The average molecular weight is 243 g/mol. The van der Waals surface area contributed by atoms with Crippen LogP contribution in [0.1, 0.15) is 26.5 Å². The molecule has 6 heteroatoms. The number of amides is 1. The highest BCUT2D eigenvalue weighted by Gasteiger charge is 2.15. The van der Waals surface area contributed by atoms with Crippen molar-refractivity contribution in [3.63, 3.8) is 0 Å². The highest BCUT2D eigenvalue weighted by atomic mass is 32.1. The van der Waals surface area contributed by atoms with E-state index in [1.165, 1.54) is 0 Å². The van der Waals surface area contributed by atoms with Gasteiger partial charge in [-0.15, -0.1) is 0 Å². The van der Waals surface area contributed by atoms with Crippen molar-refractivity contribution in [3.8, 4) is 0 Å². The molecular formula is C10H17N3O2S. The van der Waals surface area contributed by atoms with Crippen molar-refractivity contribution in [1.29, 1.82) is 0 Å². The smallest absolute Gasteiger partial charge is 0.407 e. The number of carbonyl (C=O) groups is 1. The number of aromatic nitrogens is 2. The molecule has 0 aromatic carbocycles. The Labute approximate surface area is 99.6 Å². The minimum absolute atomic E-state index is 0.401. The predicted molar refractivity (Wildman–Crippen MR) is 63.9 cm³/mol. The van der Waals surface area contributed by atoms with Gasteiger partial charge in [0, 0.05) is 24.9 Å². The number of ether oxygens (including phenoxy) is 1. The third-order valence-corrected chi connectivity index (χ3v) is 1.93. The molecule has 0 saturated heterocycles.